The number of hydrogen-bond donors (Lipinski definition) is 0. The normalized spacial score (nSPS) is 10.2. The van der Waals surface area contributed by atoms with Crippen LogP contribution in [0.4, 0.5) is 0 Å². The summed E-state index contributed by atoms with van der Waals surface area (Å²) in [5.74, 6) is 1.20. The van der Waals surface area contributed by atoms with E-state index >= 15 is 0 Å². The summed E-state index contributed by atoms with van der Waals surface area (Å²) in [5.41, 5.74) is 3.32. The van der Waals surface area contributed by atoms with Crippen LogP contribution in [0.25, 0.3) is 0 Å². The first-order chi connectivity index (χ1) is 7.56. The van der Waals surface area contributed by atoms with Gasteiger partial charge in [-0.1, -0.05) is 6.07 Å². The molecule has 0 aliphatic heterocycles. The van der Waals surface area contributed by atoms with E-state index in [2.05, 4.69) is 19.2 Å². The van der Waals surface area contributed by atoms with Crippen molar-refractivity contribution in [2.45, 2.75) is 13.3 Å². The van der Waals surface area contributed by atoms with Crippen molar-refractivity contribution in [2.75, 3.05) is 26.1 Å². The predicted octanol–water partition coefficient (Wildman–Crippen LogP) is 2.60. The maximum atomic E-state index is 11.7. The summed E-state index contributed by atoms with van der Waals surface area (Å²) in [6, 6.07) is 5.98. The Balaban J connectivity index is 2.86. The molecule has 1 aromatic carbocycles. The second-order valence-corrected chi connectivity index (χ2v) is 5.07. The molecule has 0 fully saturated rings. The molecule has 0 spiro atoms. The molecule has 0 aliphatic carbocycles. The summed E-state index contributed by atoms with van der Waals surface area (Å²) >= 11 is 1.85. The Kier molecular flexibility index (Phi) is 4.87. The van der Waals surface area contributed by atoms with E-state index < -0.39 is 0 Å². The first-order valence-corrected chi connectivity index (χ1v) is 6.75. The molecule has 16 heavy (non-hydrogen) atoms. The minimum atomic E-state index is 0.0690. The molecule has 0 saturated carbocycles. The summed E-state index contributed by atoms with van der Waals surface area (Å²) in [4.78, 5) is 13.4. The van der Waals surface area contributed by atoms with Crippen molar-refractivity contribution >= 4 is 17.7 Å². The van der Waals surface area contributed by atoms with E-state index in [1.54, 1.807) is 19.0 Å². The summed E-state index contributed by atoms with van der Waals surface area (Å²) < 4.78 is 0. The zero-order chi connectivity index (χ0) is 12.1. The van der Waals surface area contributed by atoms with Gasteiger partial charge in [0.15, 0.2) is 0 Å². The highest BCUT2D eigenvalue weighted by Crippen LogP contribution is 2.14. The van der Waals surface area contributed by atoms with Gasteiger partial charge in [-0.15, -0.1) is 0 Å². The van der Waals surface area contributed by atoms with Crippen molar-refractivity contribution in [1.82, 2.24) is 4.90 Å². The molecule has 0 aliphatic rings. The second kappa shape index (κ2) is 5.94. The summed E-state index contributed by atoms with van der Waals surface area (Å²) in [7, 11) is 3.55. The monoisotopic (exact) mass is 237 g/mol. The number of carbonyl (C=O) groups excluding carboxylic acids is 1. The van der Waals surface area contributed by atoms with Gasteiger partial charge in [0.05, 0.1) is 0 Å². The van der Waals surface area contributed by atoms with E-state index in [1.165, 1.54) is 11.1 Å². The molecule has 0 N–H and O–H groups in total. The molecule has 0 aromatic heterocycles. The molecule has 1 rings (SSSR count). The van der Waals surface area contributed by atoms with Crippen LogP contribution in [-0.2, 0) is 6.42 Å². The lowest BCUT2D eigenvalue weighted by Crippen LogP contribution is -2.21. The van der Waals surface area contributed by atoms with Gasteiger partial charge >= 0.3 is 0 Å². The van der Waals surface area contributed by atoms with Gasteiger partial charge in [-0.3, -0.25) is 4.79 Å². The molecule has 2 nitrogen and oxygen atoms in total. The predicted molar refractivity (Wildman–Crippen MR) is 71.3 cm³/mol. The highest BCUT2D eigenvalue weighted by molar-refractivity contribution is 7.98. The topological polar surface area (TPSA) is 20.3 Å². The average Bonchev–Trinajstić information content (AvgIpc) is 2.26. The maximum absolute atomic E-state index is 11.7. The molecule has 0 bridgehead atoms. The third kappa shape index (κ3) is 3.27. The van der Waals surface area contributed by atoms with E-state index in [9.17, 15) is 4.79 Å². The molecule has 0 heterocycles. The van der Waals surface area contributed by atoms with Gasteiger partial charge in [-0.25, -0.2) is 0 Å². The van der Waals surface area contributed by atoms with Gasteiger partial charge in [-0.2, -0.15) is 11.8 Å². The maximum Gasteiger partial charge on any atom is 0.253 e. The Morgan fingerprint density at radius 1 is 1.38 bits per heavy atom. The van der Waals surface area contributed by atoms with E-state index in [-0.39, 0.29) is 5.91 Å². The Hall–Kier alpha value is -0.960. The molecule has 3 heteroatoms. The standard InChI is InChI=1S/C13H19NOS/c1-10-9-12(13(15)14(2)3)6-5-11(10)7-8-16-4/h5-6,9H,7-8H2,1-4H3. The molecule has 1 amide bonds. The van der Waals surface area contributed by atoms with E-state index in [0.29, 0.717) is 0 Å². The molecular formula is C13H19NOS. The Morgan fingerprint density at radius 3 is 2.56 bits per heavy atom. The van der Waals surface area contributed by atoms with Crippen LogP contribution in [0.5, 0.6) is 0 Å². The Labute approximate surface area is 102 Å². The number of thioether (sulfide) groups is 1. The quantitative estimate of drug-likeness (QED) is 0.802. The molecule has 1 aromatic rings. The van der Waals surface area contributed by atoms with Crippen LogP contribution in [0.1, 0.15) is 21.5 Å². The summed E-state index contributed by atoms with van der Waals surface area (Å²) in [6.07, 6.45) is 3.18. The van der Waals surface area contributed by atoms with Crippen LogP contribution in [0.15, 0.2) is 18.2 Å². The number of nitrogens with zero attached hydrogens (tertiary/aromatic N) is 1. The van der Waals surface area contributed by atoms with Gasteiger partial charge in [0.1, 0.15) is 0 Å². The highest BCUT2D eigenvalue weighted by atomic mass is 32.2. The van der Waals surface area contributed by atoms with Gasteiger partial charge in [0.2, 0.25) is 0 Å². The molecular weight excluding hydrogens is 218 g/mol. The molecule has 0 radical (unpaired) electrons. The third-order valence-corrected chi connectivity index (χ3v) is 3.18. The molecule has 0 saturated heterocycles. The fourth-order valence-electron chi connectivity index (χ4n) is 1.58. The van der Waals surface area contributed by atoms with Gasteiger partial charge in [0, 0.05) is 19.7 Å². The van der Waals surface area contributed by atoms with Gasteiger partial charge in [0.25, 0.3) is 5.91 Å². The summed E-state index contributed by atoms with van der Waals surface area (Å²) in [5, 5.41) is 0. The lowest BCUT2D eigenvalue weighted by atomic mass is 10.0. The number of carbonyl (C=O) groups is 1. The van der Waals surface area contributed by atoms with Crippen molar-refractivity contribution in [3.05, 3.63) is 34.9 Å². The van der Waals surface area contributed by atoms with Crippen LogP contribution in [0.2, 0.25) is 0 Å². The zero-order valence-corrected chi connectivity index (χ0v) is 11.2. The second-order valence-electron chi connectivity index (χ2n) is 4.08. The molecule has 0 atom stereocenters. The number of aryl methyl sites for hydroxylation is 2. The number of hydrogen-bond acceptors (Lipinski definition) is 2. The van der Waals surface area contributed by atoms with Crippen molar-refractivity contribution in [1.29, 1.82) is 0 Å². The molecule has 0 unspecified atom stereocenters. The van der Waals surface area contributed by atoms with Gasteiger partial charge in [-0.05, 0) is 48.6 Å². The van der Waals surface area contributed by atoms with Crippen molar-refractivity contribution < 1.29 is 4.79 Å². The van der Waals surface area contributed by atoms with E-state index in [1.807, 2.05) is 23.9 Å². The number of amides is 1. The number of benzene rings is 1. The SMILES string of the molecule is CSCCc1ccc(C(=O)N(C)C)cc1C. The van der Waals surface area contributed by atoms with Crippen molar-refractivity contribution in [3.8, 4) is 0 Å². The largest absolute Gasteiger partial charge is 0.345 e. The van der Waals surface area contributed by atoms with Crippen molar-refractivity contribution in [2.24, 2.45) is 0 Å². The van der Waals surface area contributed by atoms with E-state index in [4.69, 9.17) is 0 Å². The highest BCUT2D eigenvalue weighted by Gasteiger charge is 2.09. The molecule has 88 valence electrons. The van der Waals surface area contributed by atoms with Crippen LogP contribution in [-0.4, -0.2) is 36.9 Å². The van der Waals surface area contributed by atoms with Gasteiger partial charge < -0.3 is 4.90 Å². The number of rotatable bonds is 4. The first kappa shape index (κ1) is 13.1. The fourth-order valence-corrected chi connectivity index (χ4v) is 2.00. The minimum Gasteiger partial charge on any atom is -0.345 e. The van der Waals surface area contributed by atoms with E-state index in [0.717, 1.165) is 17.7 Å². The first-order valence-electron chi connectivity index (χ1n) is 5.36. The van der Waals surface area contributed by atoms with Crippen LogP contribution < -0.4 is 0 Å². The lowest BCUT2D eigenvalue weighted by Gasteiger charge is -2.12. The fraction of sp³-hybridized carbons (Fsp3) is 0.462. The van der Waals surface area contributed by atoms with Crippen LogP contribution in [0, 0.1) is 6.92 Å². The summed E-state index contributed by atoms with van der Waals surface area (Å²) in [6.45, 7) is 2.07. The van der Waals surface area contributed by atoms with Crippen LogP contribution >= 0.6 is 11.8 Å². The third-order valence-electron chi connectivity index (χ3n) is 2.57. The minimum absolute atomic E-state index is 0.0690. The Bertz CT molecular complexity index is 374. The smallest absolute Gasteiger partial charge is 0.253 e. The Morgan fingerprint density at radius 2 is 2.06 bits per heavy atom. The van der Waals surface area contributed by atoms with Crippen LogP contribution in [0.3, 0.4) is 0 Å². The zero-order valence-electron chi connectivity index (χ0n) is 10.4. The average molecular weight is 237 g/mol. The lowest BCUT2D eigenvalue weighted by molar-refractivity contribution is 0.0827. The van der Waals surface area contributed by atoms with Crippen molar-refractivity contribution in [3.63, 3.8) is 0 Å².